The molecule has 2 aliphatic rings. The van der Waals surface area contributed by atoms with Crippen molar-refractivity contribution in [3.8, 4) is 0 Å². The van der Waals surface area contributed by atoms with Crippen LogP contribution in [0.25, 0.3) is 0 Å². The van der Waals surface area contributed by atoms with Gasteiger partial charge in [-0.25, -0.2) is 4.98 Å². The van der Waals surface area contributed by atoms with E-state index in [4.69, 9.17) is 0 Å². The Bertz CT molecular complexity index is 537. The highest BCUT2D eigenvalue weighted by Gasteiger charge is 2.38. The highest BCUT2D eigenvalue weighted by atomic mass is 16.2. The maximum Gasteiger partial charge on any atom is 0.228 e. The summed E-state index contributed by atoms with van der Waals surface area (Å²) < 4.78 is 2.07. The highest BCUT2D eigenvalue weighted by Crippen LogP contribution is 2.24. The minimum atomic E-state index is -0.181. The van der Waals surface area contributed by atoms with Crippen LogP contribution in [0, 0.1) is 5.92 Å². The quantitative estimate of drug-likeness (QED) is 0.789. The maximum atomic E-state index is 12.6. The Labute approximate surface area is 118 Å². The second kappa shape index (κ2) is 4.92. The van der Waals surface area contributed by atoms with Gasteiger partial charge >= 0.3 is 0 Å². The second-order valence-electron chi connectivity index (χ2n) is 5.88. The first-order valence-electron chi connectivity index (χ1n) is 7.13. The number of carbonyl (C=O) groups excluding carboxylic acids is 2. The largest absolute Gasteiger partial charge is 0.339 e. The lowest BCUT2D eigenvalue weighted by atomic mass is 10.1. The molecule has 1 aromatic rings. The van der Waals surface area contributed by atoms with Crippen LogP contribution in [0.2, 0.25) is 0 Å². The molecule has 1 saturated heterocycles. The summed E-state index contributed by atoms with van der Waals surface area (Å²) in [5.41, 5.74) is 1.06. The number of aromatic nitrogens is 2. The number of fused-ring (bicyclic) bond motifs is 1. The van der Waals surface area contributed by atoms with Gasteiger partial charge in [0.15, 0.2) is 0 Å². The van der Waals surface area contributed by atoms with Crippen molar-refractivity contribution in [2.24, 2.45) is 5.92 Å². The summed E-state index contributed by atoms with van der Waals surface area (Å²) in [5.74, 6) is 0.0220. The van der Waals surface area contributed by atoms with Gasteiger partial charge in [0.2, 0.25) is 11.8 Å². The lowest BCUT2D eigenvalue weighted by Gasteiger charge is -2.30. The summed E-state index contributed by atoms with van der Waals surface area (Å²) in [5, 5.41) is 0. The fourth-order valence-corrected chi connectivity index (χ4v) is 3.03. The molecule has 0 saturated carbocycles. The number of rotatable bonds is 2. The van der Waals surface area contributed by atoms with Crippen LogP contribution in [-0.4, -0.2) is 50.3 Å². The van der Waals surface area contributed by atoms with E-state index in [9.17, 15) is 9.59 Å². The van der Waals surface area contributed by atoms with Gasteiger partial charge < -0.3 is 14.4 Å². The summed E-state index contributed by atoms with van der Waals surface area (Å²) in [6.07, 6.45) is 3.96. The van der Waals surface area contributed by atoms with Crippen LogP contribution in [0.3, 0.4) is 0 Å². The first kappa shape index (κ1) is 13.1. The molecule has 2 aliphatic heterocycles. The van der Waals surface area contributed by atoms with Gasteiger partial charge in [0.05, 0.1) is 24.5 Å². The van der Waals surface area contributed by atoms with Crippen LogP contribution in [0.15, 0.2) is 12.5 Å². The average Bonchev–Trinajstić information content (AvgIpc) is 3.02. The average molecular weight is 276 g/mol. The molecule has 0 N–H and O–H groups in total. The summed E-state index contributed by atoms with van der Waals surface area (Å²) in [7, 11) is 0. The van der Waals surface area contributed by atoms with E-state index in [1.54, 1.807) is 17.4 Å². The van der Waals surface area contributed by atoms with Crippen molar-refractivity contribution in [3.05, 3.63) is 18.2 Å². The van der Waals surface area contributed by atoms with Gasteiger partial charge in [0.1, 0.15) is 0 Å². The van der Waals surface area contributed by atoms with Crippen LogP contribution in [0.1, 0.15) is 26.0 Å². The highest BCUT2D eigenvalue weighted by molar-refractivity contribution is 5.89. The Balaban J connectivity index is 1.67. The molecule has 0 aliphatic carbocycles. The van der Waals surface area contributed by atoms with Gasteiger partial charge in [0, 0.05) is 38.3 Å². The monoisotopic (exact) mass is 276 g/mol. The molecule has 108 valence electrons. The molecule has 20 heavy (non-hydrogen) atoms. The van der Waals surface area contributed by atoms with Crippen LogP contribution in [0.4, 0.5) is 0 Å². The third kappa shape index (κ3) is 2.19. The van der Waals surface area contributed by atoms with Gasteiger partial charge in [-0.3, -0.25) is 9.59 Å². The Kier molecular flexibility index (Phi) is 3.23. The Morgan fingerprint density at radius 3 is 2.90 bits per heavy atom. The van der Waals surface area contributed by atoms with Crippen molar-refractivity contribution < 1.29 is 9.59 Å². The third-order valence-electron chi connectivity index (χ3n) is 4.20. The molecule has 6 heteroatoms. The molecule has 0 aromatic carbocycles. The van der Waals surface area contributed by atoms with Gasteiger partial charge in [-0.2, -0.15) is 0 Å². The number of amides is 2. The van der Waals surface area contributed by atoms with E-state index in [-0.39, 0.29) is 23.8 Å². The first-order chi connectivity index (χ1) is 9.56. The summed E-state index contributed by atoms with van der Waals surface area (Å²) in [4.78, 5) is 32.2. The van der Waals surface area contributed by atoms with Gasteiger partial charge in [-0.15, -0.1) is 0 Å². The number of hydrogen-bond donors (Lipinski definition) is 0. The molecular weight excluding hydrogens is 256 g/mol. The van der Waals surface area contributed by atoms with Gasteiger partial charge in [-0.05, 0) is 13.8 Å². The minimum absolute atomic E-state index is 0.0976. The summed E-state index contributed by atoms with van der Waals surface area (Å²) in [6, 6.07) is 0.170. The maximum absolute atomic E-state index is 12.6. The molecule has 1 atom stereocenters. The number of imidazole rings is 1. The standard InChI is InChI=1S/C14H20N4O2/c1-10(2)18-7-11(5-13(18)19)14(20)16-3-4-17-9-15-6-12(17)8-16/h6,9-11H,3-5,7-8H2,1-2H3. The zero-order valence-corrected chi connectivity index (χ0v) is 12.0. The van der Waals surface area contributed by atoms with E-state index in [1.165, 1.54) is 0 Å². The molecule has 6 nitrogen and oxygen atoms in total. The Morgan fingerprint density at radius 2 is 2.20 bits per heavy atom. The molecule has 3 rings (SSSR count). The SMILES string of the molecule is CC(C)N1CC(C(=O)N2CCn3cncc3C2)CC1=O. The van der Waals surface area contributed by atoms with E-state index in [0.717, 1.165) is 12.2 Å². The van der Waals surface area contributed by atoms with Crippen LogP contribution in [-0.2, 0) is 22.7 Å². The minimum Gasteiger partial charge on any atom is -0.339 e. The molecule has 1 fully saturated rings. The zero-order valence-electron chi connectivity index (χ0n) is 12.0. The molecule has 2 amide bonds. The van der Waals surface area contributed by atoms with Crippen LogP contribution < -0.4 is 0 Å². The normalized spacial score (nSPS) is 22.6. The lowest BCUT2D eigenvalue weighted by molar-refractivity contribution is -0.137. The molecular formula is C14H20N4O2. The third-order valence-corrected chi connectivity index (χ3v) is 4.20. The molecule has 1 unspecified atom stereocenters. The summed E-state index contributed by atoms with van der Waals surface area (Å²) in [6.45, 7) is 6.63. The number of nitrogens with zero attached hydrogens (tertiary/aromatic N) is 4. The van der Waals surface area contributed by atoms with Crippen molar-refractivity contribution in [1.82, 2.24) is 19.4 Å². The van der Waals surface area contributed by atoms with Crippen molar-refractivity contribution in [2.45, 2.75) is 39.4 Å². The smallest absolute Gasteiger partial charge is 0.228 e. The van der Waals surface area contributed by atoms with E-state index in [1.807, 2.05) is 18.7 Å². The molecule has 0 bridgehead atoms. The second-order valence-corrected chi connectivity index (χ2v) is 5.88. The van der Waals surface area contributed by atoms with Gasteiger partial charge in [0.25, 0.3) is 0 Å². The number of hydrogen-bond acceptors (Lipinski definition) is 3. The molecule has 0 radical (unpaired) electrons. The van der Waals surface area contributed by atoms with Crippen LogP contribution in [0.5, 0.6) is 0 Å². The summed E-state index contributed by atoms with van der Waals surface area (Å²) >= 11 is 0. The predicted molar refractivity (Wildman–Crippen MR) is 72.6 cm³/mol. The molecule has 0 spiro atoms. The van der Waals surface area contributed by atoms with Crippen LogP contribution >= 0.6 is 0 Å². The predicted octanol–water partition coefficient (Wildman–Crippen LogP) is 0.482. The van der Waals surface area contributed by atoms with Crippen molar-refractivity contribution in [2.75, 3.05) is 13.1 Å². The Morgan fingerprint density at radius 1 is 1.40 bits per heavy atom. The fourth-order valence-electron chi connectivity index (χ4n) is 3.03. The topological polar surface area (TPSA) is 58.4 Å². The molecule has 1 aromatic heterocycles. The van der Waals surface area contributed by atoms with Crippen molar-refractivity contribution in [1.29, 1.82) is 0 Å². The first-order valence-corrected chi connectivity index (χ1v) is 7.13. The Hall–Kier alpha value is -1.85. The zero-order chi connectivity index (χ0) is 14.3. The van der Waals surface area contributed by atoms with E-state index >= 15 is 0 Å². The van der Waals surface area contributed by atoms with Gasteiger partial charge in [-0.1, -0.05) is 0 Å². The van der Waals surface area contributed by atoms with Crippen molar-refractivity contribution in [3.63, 3.8) is 0 Å². The van der Waals surface area contributed by atoms with E-state index < -0.39 is 0 Å². The van der Waals surface area contributed by atoms with Crippen molar-refractivity contribution >= 4 is 11.8 Å². The van der Waals surface area contributed by atoms with E-state index in [0.29, 0.717) is 26.1 Å². The number of likely N-dealkylation sites (tertiary alicyclic amines) is 1. The molecule has 3 heterocycles. The number of carbonyl (C=O) groups is 2. The lowest BCUT2D eigenvalue weighted by Crippen LogP contribution is -2.42. The van der Waals surface area contributed by atoms with E-state index in [2.05, 4.69) is 9.55 Å². The fraction of sp³-hybridized carbons (Fsp3) is 0.643.